The number of benzene rings is 7. The Kier molecular flexibility index (Phi) is 13.1. The van der Waals surface area contributed by atoms with E-state index in [-0.39, 0.29) is 19.8 Å². The molecule has 7 nitrogen and oxygen atoms in total. The van der Waals surface area contributed by atoms with Gasteiger partial charge in [0, 0.05) is 18.2 Å². The molecule has 0 unspecified atom stereocenters. The molecule has 56 heavy (non-hydrogen) atoms. The predicted octanol–water partition coefficient (Wildman–Crippen LogP) is 10.7. The van der Waals surface area contributed by atoms with E-state index >= 15 is 0 Å². The highest BCUT2D eigenvalue weighted by molar-refractivity contribution is 5.42. The first kappa shape index (κ1) is 37.6. The lowest BCUT2D eigenvalue weighted by molar-refractivity contribution is 0.268. The minimum atomic E-state index is -0.142. The van der Waals surface area contributed by atoms with E-state index in [9.17, 15) is 5.11 Å². The van der Waals surface area contributed by atoms with Crippen molar-refractivity contribution in [2.24, 2.45) is 0 Å². The first-order valence-electron chi connectivity index (χ1n) is 18.6. The van der Waals surface area contributed by atoms with Crippen molar-refractivity contribution in [1.82, 2.24) is 0 Å². The van der Waals surface area contributed by atoms with Gasteiger partial charge in [0.1, 0.15) is 74.1 Å². The second kappa shape index (κ2) is 19.6. The zero-order chi connectivity index (χ0) is 38.2. The average molecular weight is 745 g/mol. The summed E-state index contributed by atoms with van der Waals surface area (Å²) in [4.78, 5) is 0. The van der Waals surface area contributed by atoms with Crippen molar-refractivity contribution in [2.45, 2.75) is 46.2 Å². The molecule has 282 valence electrons. The Balaban J connectivity index is 1.08. The zero-order valence-corrected chi connectivity index (χ0v) is 31.1. The molecule has 0 spiro atoms. The molecule has 7 heteroatoms. The highest BCUT2D eigenvalue weighted by Crippen LogP contribution is 2.30. The van der Waals surface area contributed by atoms with Gasteiger partial charge in [-0.3, -0.25) is 0 Å². The molecule has 0 radical (unpaired) electrons. The summed E-state index contributed by atoms with van der Waals surface area (Å²) in [5, 5.41) is 9.97. The summed E-state index contributed by atoms with van der Waals surface area (Å²) in [6.45, 7) is 1.99. The topological polar surface area (TPSA) is 75.6 Å². The number of ether oxygens (including phenoxy) is 6. The number of aliphatic hydroxyl groups excluding tert-OH is 1. The smallest absolute Gasteiger partial charge is 0.123 e. The maximum atomic E-state index is 9.97. The lowest BCUT2D eigenvalue weighted by atomic mass is 10.2. The minimum Gasteiger partial charge on any atom is -0.489 e. The lowest BCUT2D eigenvalue weighted by Crippen LogP contribution is -2.03. The number of aliphatic hydroxyl groups is 1. The van der Waals surface area contributed by atoms with Gasteiger partial charge < -0.3 is 33.5 Å². The maximum Gasteiger partial charge on any atom is 0.123 e. The molecule has 0 heterocycles. The van der Waals surface area contributed by atoms with Crippen molar-refractivity contribution in [2.75, 3.05) is 0 Å². The number of hydrogen-bond acceptors (Lipinski definition) is 7. The van der Waals surface area contributed by atoms with Gasteiger partial charge >= 0.3 is 0 Å². The average Bonchev–Trinajstić information content (AvgIpc) is 3.26. The summed E-state index contributed by atoms with van der Waals surface area (Å²) in [5.74, 6) is 3.82. The molecule has 0 aliphatic rings. The molecule has 7 aromatic rings. The normalized spacial score (nSPS) is 10.7. The van der Waals surface area contributed by atoms with Crippen molar-refractivity contribution in [3.05, 3.63) is 215 Å². The highest BCUT2D eigenvalue weighted by Gasteiger charge is 2.11. The Morgan fingerprint density at radius 3 is 0.696 bits per heavy atom. The molecule has 0 saturated carbocycles. The standard InChI is InChI=1S/C49H44O7/c50-30-41-21-44(51-31-37-13-5-1-6-14-37)27-45(22-41)55-35-43-25-48(54-34-40-19-11-4-12-20-40)29-49(26-43)56-36-42-23-46(52-32-38-15-7-2-8-16-38)28-47(24-42)53-33-39-17-9-3-10-18-39/h1-29,50H,30-36H2. The van der Waals surface area contributed by atoms with Crippen LogP contribution in [0.3, 0.4) is 0 Å². The first-order chi connectivity index (χ1) is 27.6. The van der Waals surface area contributed by atoms with Crippen LogP contribution in [0.2, 0.25) is 0 Å². The zero-order valence-electron chi connectivity index (χ0n) is 31.1. The van der Waals surface area contributed by atoms with E-state index in [0.29, 0.717) is 66.5 Å². The van der Waals surface area contributed by atoms with Crippen LogP contribution >= 0.6 is 0 Å². The van der Waals surface area contributed by atoms with Crippen LogP contribution in [-0.2, 0) is 46.2 Å². The van der Waals surface area contributed by atoms with E-state index in [1.165, 1.54) is 0 Å². The molecule has 0 aliphatic carbocycles. The summed E-state index contributed by atoms with van der Waals surface area (Å²) in [5.41, 5.74) is 6.66. The monoisotopic (exact) mass is 744 g/mol. The summed E-state index contributed by atoms with van der Waals surface area (Å²) in [6, 6.07) is 57.2. The molecular formula is C49H44O7. The summed E-state index contributed by atoms with van der Waals surface area (Å²) >= 11 is 0. The van der Waals surface area contributed by atoms with Crippen LogP contribution < -0.4 is 28.4 Å². The molecule has 0 bridgehead atoms. The van der Waals surface area contributed by atoms with Gasteiger partial charge in [-0.25, -0.2) is 0 Å². The second-order valence-electron chi connectivity index (χ2n) is 13.3. The van der Waals surface area contributed by atoms with Crippen molar-refractivity contribution in [3.8, 4) is 34.5 Å². The van der Waals surface area contributed by atoms with E-state index in [1.54, 1.807) is 0 Å². The molecule has 7 rings (SSSR count). The van der Waals surface area contributed by atoms with Gasteiger partial charge in [-0.1, -0.05) is 121 Å². The van der Waals surface area contributed by atoms with E-state index in [1.807, 2.05) is 176 Å². The van der Waals surface area contributed by atoms with Crippen LogP contribution in [-0.4, -0.2) is 5.11 Å². The largest absolute Gasteiger partial charge is 0.489 e. The molecule has 1 N–H and O–H groups in total. The Morgan fingerprint density at radius 1 is 0.250 bits per heavy atom. The quantitative estimate of drug-likeness (QED) is 0.0883. The molecule has 0 amide bonds. The molecule has 7 aromatic carbocycles. The number of hydrogen-bond donors (Lipinski definition) is 1. The van der Waals surface area contributed by atoms with Gasteiger partial charge in [0.25, 0.3) is 0 Å². The van der Waals surface area contributed by atoms with Crippen LogP contribution in [0.5, 0.6) is 34.5 Å². The fourth-order valence-corrected chi connectivity index (χ4v) is 5.95. The van der Waals surface area contributed by atoms with E-state index in [4.69, 9.17) is 28.4 Å². The molecule has 0 fully saturated rings. The summed E-state index contributed by atoms with van der Waals surface area (Å²) in [7, 11) is 0. The van der Waals surface area contributed by atoms with Crippen molar-refractivity contribution in [3.63, 3.8) is 0 Å². The fraction of sp³-hybridized carbons (Fsp3) is 0.143. The lowest BCUT2D eigenvalue weighted by Gasteiger charge is -2.16. The summed E-state index contributed by atoms with van der Waals surface area (Å²) in [6.07, 6.45) is 0. The third-order valence-electron chi connectivity index (χ3n) is 8.81. The van der Waals surface area contributed by atoms with Crippen molar-refractivity contribution < 1.29 is 33.5 Å². The first-order valence-corrected chi connectivity index (χ1v) is 18.6. The number of rotatable bonds is 19. The van der Waals surface area contributed by atoms with Gasteiger partial charge in [-0.05, 0) is 75.3 Å². The molecule has 0 aromatic heterocycles. The summed E-state index contributed by atoms with van der Waals surface area (Å²) < 4.78 is 37.5. The van der Waals surface area contributed by atoms with Gasteiger partial charge in [0.05, 0.1) is 6.61 Å². The maximum absolute atomic E-state index is 9.97. The van der Waals surface area contributed by atoms with E-state index < -0.39 is 0 Å². The molecule has 0 aliphatic heterocycles. The van der Waals surface area contributed by atoms with Gasteiger partial charge in [0.15, 0.2) is 0 Å². The predicted molar refractivity (Wildman–Crippen MR) is 217 cm³/mol. The minimum absolute atomic E-state index is 0.142. The van der Waals surface area contributed by atoms with Crippen LogP contribution in [0.4, 0.5) is 0 Å². The van der Waals surface area contributed by atoms with Gasteiger partial charge in [-0.15, -0.1) is 0 Å². The van der Waals surface area contributed by atoms with Crippen molar-refractivity contribution >= 4 is 0 Å². The van der Waals surface area contributed by atoms with Crippen LogP contribution in [0.1, 0.15) is 38.9 Å². The SMILES string of the molecule is OCc1cc(OCc2ccccc2)cc(OCc2cc(OCc3ccccc3)cc(OCc3cc(OCc4ccccc4)cc(OCc4ccccc4)c3)c2)c1. The Bertz CT molecular complexity index is 2180. The van der Waals surface area contributed by atoms with Crippen LogP contribution in [0.15, 0.2) is 176 Å². The van der Waals surface area contributed by atoms with E-state index in [2.05, 4.69) is 0 Å². The Morgan fingerprint density at radius 2 is 0.464 bits per heavy atom. The molecule has 0 saturated heterocycles. The third kappa shape index (κ3) is 11.6. The molecular weight excluding hydrogens is 701 g/mol. The van der Waals surface area contributed by atoms with E-state index in [0.717, 1.165) is 33.4 Å². The fourth-order valence-electron chi connectivity index (χ4n) is 5.95. The van der Waals surface area contributed by atoms with Crippen LogP contribution in [0.25, 0.3) is 0 Å². The van der Waals surface area contributed by atoms with Gasteiger partial charge in [0.2, 0.25) is 0 Å². The molecule has 0 atom stereocenters. The second-order valence-corrected chi connectivity index (χ2v) is 13.3. The van der Waals surface area contributed by atoms with Gasteiger partial charge in [-0.2, -0.15) is 0 Å². The Labute approximate surface area is 328 Å². The highest BCUT2D eigenvalue weighted by atomic mass is 16.5. The third-order valence-corrected chi connectivity index (χ3v) is 8.81. The van der Waals surface area contributed by atoms with Crippen molar-refractivity contribution in [1.29, 1.82) is 0 Å². The Hall–Kier alpha value is -6.70. The van der Waals surface area contributed by atoms with Crippen LogP contribution in [0, 0.1) is 0 Å².